The van der Waals surface area contributed by atoms with Crippen LogP contribution >= 0.6 is 11.3 Å². The van der Waals surface area contributed by atoms with Gasteiger partial charge < -0.3 is 5.11 Å². The lowest BCUT2D eigenvalue weighted by atomic mass is 10.2. The van der Waals surface area contributed by atoms with Gasteiger partial charge in [-0.1, -0.05) is 6.92 Å². The standard InChI is InChI=1S/C14H16FNO3S2/c1-2-11-3-4-12(20-11)8-16-21(18,19)13-5-6-14(15)10(7-13)9-17/h3-7,16-17H,2,8-9H2,1H3. The molecule has 1 aromatic carbocycles. The molecule has 114 valence electrons. The van der Waals surface area contributed by atoms with E-state index in [0.29, 0.717) is 0 Å². The number of thiophene rings is 1. The van der Waals surface area contributed by atoms with Crippen molar-refractivity contribution in [2.75, 3.05) is 0 Å². The van der Waals surface area contributed by atoms with Gasteiger partial charge in [0.2, 0.25) is 10.0 Å². The summed E-state index contributed by atoms with van der Waals surface area (Å²) in [6.45, 7) is 1.69. The number of rotatable bonds is 6. The molecule has 21 heavy (non-hydrogen) atoms. The summed E-state index contributed by atoms with van der Waals surface area (Å²) in [5.74, 6) is -0.623. The van der Waals surface area contributed by atoms with E-state index in [0.717, 1.165) is 23.4 Å². The van der Waals surface area contributed by atoms with Crippen molar-refractivity contribution < 1.29 is 17.9 Å². The van der Waals surface area contributed by atoms with E-state index in [9.17, 15) is 12.8 Å². The predicted octanol–water partition coefficient (Wildman–Crippen LogP) is 2.42. The third-order valence-electron chi connectivity index (χ3n) is 3.00. The van der Waals surface area contributed by atoms with Crippen LogP contribution in [0, 0.1) is 5.82 Å². The van der Waals surface area contributed by atoms with Crippen molar-refractivity contribution in [3.8, 4) is 0 Å². The largest absolute Gasteiger partial charge is 0.392 e. The van der Waals surface area contributed by atoms with Gasteiger partial charge in [-0.25, -0.2) is 17.5 Å². The normalized spacial score (nSPS) is 11.8. The lowest BCUT2D eigenvalue weighted by Gasteiger charge is -2.07. The second-order valence-electron chi connectivity index (χ2n) is 4.46. The Morgan fingerprint density at radius 1 is 1.24 bits per heavy atom. The van der Waals surface area contributed by atoms with Gasteiger partial charge in [-0.3, -0.25) is 0 Å². The molecule has 2 N–H and O–H groups in total. The van der Waals surface area contributed by atoms with Crippen LogP contribution in [0.25, 0.3) is 0 Å². The summed E-state index contributed by atoms with van der Waals surface area (Å²) >= 11 is 1.55. The molecule has 2 aromatic rings. The smallest absolute Gasteiger partial charge is 0.240 e. The molecule has 1 aromatic heterocycles. The van der Waals surface area contributed by atoms with E-state index in [4.69, 9.17) is 5.11 Å². The van der Waals surface area contributed by atoms with Gasteiger partial charge in [0, 0.05) is 21.9 Å². The van der Waals surface area contributed by atoms with Gasteiger partial charge in [0.1, 0.15) is 5.82 Å². The Morgan fingerprint density at radius 2 is 1.95 bits per heavy atom. The molecule has 0 amide bonds. The zero-order chi connectivity index (χ0) is 15.5. The molecule has 0 unspecified atom stereocenters. The van der Waals surface area contributed by atoms with Gasteiger partial charge in [0.15, 0.2) is 0 Å². The quantitative estimate of drug-likeness (QED) is 0.855. The zero-order valence-electron chi connectivity index (χ0n) is 11.5. The second-order valence-corrected chi connectivity index (χ2v) is 7.48. The molecule has 0 saturated carbocycles. The van der Waals surface area contributed by atoms with Crippen molar-refractivity contribution in [1.82, 2.24) is 4.72 Å². The highest BCUT2D eigenvalue weighted by Gasteiger charge is 2.16. The van der Waals surface area contributed by atoms with Gasteiger partial charge in [-0.15, -0.1) is 11.3 Å². The number of benzene rings is 1. The van der Waals surface area contributed by atoms with E-state index < -0.39 is 22.4 Å². The van der Waals surface area contributed by atoms with Gasteiger partial charge in [-0.2, -0.15) is 0 Å². The first-order chi connectivity index (χ1) is 9.96. The highest BCUT2D eigenvalue weighted by molar-refractivity contribution is 7.89. The van der Waals surface area contributed by atoms with Crippen LogP contribution in [0.4, 0.5) is 4.39 Å². The summed E-state index contributed by atoms with van der Waals surface area (Å²) in [7, 11) is -3.73. The molecule has 0 fully saturated rings. The monoisotopic (exact) mass is 329 g/mol. The maximum absolute atomic E-state index is 13.3. The van der Waals surface area contributed by atoms with E-state index in [1.165, 1.54) is 10.9 Å². The summed E-state index contributed by atoms with van der Waals surface area (Å²) in [4.78, 5) is 2.05. The number of sulfonamides is 1. The van der Waals surface area contributed by atoms with Crippen LogP contribution in [-0.4, -0.2) is 13.5 Å². The molecule has 0 aliphatic rings. The number of aliphatic hydroxyl groups is 1. The fraction of sp³-hybridized carbons (Fsp3) is 0.286. The van der Waals surface area contributed by atoms with Crippen LogP contribution in [0.5, 0.6) is 0 Å². The van der Waals surface area contributed by atoms with E-state index in [2.05, 4.69) is 4.72 Å². The molecule has 0 atom stereocenters. The topological polar surface area (TPSA) is 66.4 Å². The maximum Gasteiger partial charge on any atom is 0.240 e. The van der Waals surface area contributed by atoms with Crippen LogP contribution in [0.15, 0.2) is 35.2 Å². The second kappa shape index (κ2) is 6.65. The number of aryl methyl sites for hydroxylation is 1. The molecule has 7 heteroatoms. The Kier molecular flexibility index (Phi) is 5.10. The first kappa shape index (κ1) is 16.1. The fourth-order valence-corrected chi connectivity index (χ4v) is 3.84. The number of halogens is 1. The molecule has 0 bridgehead atoms. The summed E-state index contributed by atoms with van der Waals surface area (Å²) in [6.07, 6.45) is 0.912. The average molecular weight is 329 g/mol. The van der Waals surface area contributed by atoms with Gasteiger partial charge in [0.25, 0.3) is 0 Å². The van der Waals surface area contributed by atoms with Crippen molar-refractivity contribution >= 4 is 21.4 Å². The van der Waals surface area contributed by atoms with E-state index in [1.807, 2.05) is 19.1 Å². The molecule has 0 aliphatic heterocycles. The Morgan fingerprint density at radius 3 is 2.57 bits per heavy atom. The minimum Gasteiger partial charge on any atom is -0.392 e. The first-order valence-electron chi connectivity index (χ1n) is 6.43. The van der Waals surface area contributed by atoms with Crippen molar-refractivity contribution in [3.63, 3.8) is 0 Å². The molecule has 2 rings (SSSR count). The van der Waals surface area contributed by atoms with E-state index in [-0.39, 0.29) is 17.0 Å². The Balaban J connectivity index is 2.14. The van der Waals surface area contributed by atoms with Crippen molar-refractivity contribution in [2.24, 2.45) is 0 Å². The number of aliphatic hydroxyl groups excluding tert-OH is 1. The van der Waals surface area contributed by atoms with Gasteiger partial charge >= 0.3 is 0 Å². The van der Waals surface area contributed by atoms with Crippen LogP contribution in [0.2, 0.25) is 0 Å². The highest BCUT2D eigenvalue weighted by Crippen LogP contribution is 2.19. The number of nitrogens with one attached hydrogen (secondary N) is 1. The predicted molar refractivity (Wildman–Crippen MR) is 80.0 cm³/mol. The number of hydrogen-bond acceptors (Lipinski definition) is 4. The number of hydrogen-bond donors (Lipinski definition) is 2. The van der Waals surface area contributed by atoms with Gasteiger partial charge in [0.05, 0.1) is 11.5 Å². The molecule has 0 aliphatic carbocycles. The highest BCUT2D eigenvalue weighted by atomic mass is 32.2. The molecule has 0 radical (unpaired) electrons. The third-order valence-corrected chi connectivity index (χ3v) is 5.63. The molecule has 0 saturated heterocycles. The van der Waals surface area contributed by atoms with Gasteiger partial charge in [-0.05, 0) is 36.8 Å². The summed E-state index contributed by atoms with van der Waals surface area (Å²) in [5.41, 5.74) is -0.0396. The maximum atomic E-state index is 13.3. The zero-order valence-corrected chi connectivity index (χ0v) is 13.1. The Labute approximate surface area is 127 Å². The lowest BCUT2D eigenvalue weighted by Crippen LogP contribution is -2.23. The fourth-order valence-electron chi connectivity index (χ4n) is 1.80. The van der Waals surface area contributed by atoms with Crippen molar-refractivity contribution in [2.45, 2.75) is 31.4 Å². The SMILES string of the molecule is CCc1ccc(CNS(=O)(=O)c2ccc(F)c(CO)c2)s1. The average Bonchev–Trinajstić information content (AvgIpc) is 2.93. The summed E-state index contributed by atoms with van der Waals surface area (Å²) < 4.78 is 40.1. The Hall–Kier alpha value is -1.28. The minimum atomic E-state index is -3.73. The van der Waals surface area contributed by atoms with Crippen LogP contribution in [-0.2, 0) is 29.6 Å². The van der Waals surface area contributed by atoms with Crippen molar-refractivity contribution in [3.05, 3.63) is 51.5 Å². The third kappa shape index (κ3) is 3.88. The van der Waals surface area contributed by atoms with Crippen LogP contribution in [0.1, 0.15) is 22.2 Å². The van der Waals surface area contributed by atoms with Crippen LogP contribution in [0.3, 0.4) is 0 Å². The van der Waals surface area contributed by atoms with Crippen LogP contribution < -0.4 is 4.72 Å². The molecule has 1 heterocycles. The Bertz CT molecular complexity index is 726. The summed E-state index contributed by atoms with van der Waals surface area (Å²) in [5, 5.41) is 8.99. The molecule has 0 spiro atoms. The molecular formula is C14H16FNO3S2. The van der Waals surface area contributed by atoms with E-state index >= 15 is 0 Å². The summed E-state index contributed by atoms with van der Waals surface area (Å²) in [6, 6.07) is 7.22. The van der Waals surface area contributed by atoms with E-state index in [1.54, 1.807) is 11.3 Å². The molecular weight excluding hydrogens is 313 g/mol. The molecule has 4 nitrogen and oxygen atoms in total. The lowest BCUT2D eigenvalue weighted by molar-refractivity contribution is 0.275. The van der Waals surface area contributed by atoms with Crippen molar-refractivity contribution in [1.29, 1.82) is 0 Å². The minimum absolute atomic E-state index is 0.0396. The first-order valence-corrected chi connectivity index (χ1v) is 8.72.